The molecule has 4 bridgehead atoms. The number of para-hydroxylation sites is 1. The maximum Gasteiger partial charge on any atom is 0.306 e. The molecule has 4 saturated carbocycles. The number of fused-ring (bicyclic) bond motifs is 1. The SMILES string of the molecule is Nc1nc(COC(=O)CC23C[C@H]4C[C@@H](CC(Br)(C4)C2)C3)nc2ccccc12. The van der Waals surface area contributed by atoms with Crippen LogP contribution in [0.25, 0.3) is 10.9 Å². The normalized spacial score (nSPS) is 34.1. The standard InChI is InChI=1S/C21H24BrN3O2/c22-21-8-13-5-14(9-21)7-20(6-13,12-21)10-18(26)27-11-17-24-16-4-2-1-3-15(16)19(23)25-17/h1-4,13-14H,5-12H2,(H2,23,24,25)/t13-,14-,20?,21?/m1/s1. The highest BCUT2D eigenvalue weighted by atomic mass is 79.9. The Hall–Kier alpha value is -1.69. The number of nitrogens with two attached hydrogens (primary N) is 1. The zero-order chi connectivity index (χ0) is 18.6. The molecule has 6 rings (SSSR count). The van der Waals surface area contributed by atoms with Crippen molar-refractivity contribution in [2.45, 2.75) is 55.9 Å². The van der Waals surface area contributed by atoms with E-state index in [9.17, 15) is 4.79 Å². The van der Waals surface area contributed by atoms with Crippen LogP contribution in [-0.2, 0) is 16.1 Å². The minimum Gasteiger partial charge on any atom is -0.457 e. The fourth-order valence-electron chi connectivity index (χ4n) is 6.26. The third-order valence-corrected chi connectivity index (χ3v) is 7.60. The van der Waals surface area contributed by atoms with Crippen molar-refractivity contribution < 1.29 is 9.53 Å². The van der Waals surface area contributed by atoms with E-state index in [4.69, 9.17) is 10.5 Å². The predicted octanol–water partition coefficient (Wildman–Crippen LogP) is 4.38. The van der Waals surface area contributed by atoms with Crippen LogP contribution >= 0.6 is 15.9 Å². The average molecular weight is 430 g/mol. The lowest BCUT2D eigenvalue weighted by Gasteiger charge is -2.60. The topological polar surface area (TPSA) is 78.1 Å². The molecule has 0 spiro atoms. The molecule has 2 atom stereocenters. The van der Waals surface area contributed by atoms with Gasteiger partial charge in [0.05, 0.1) is 11.9 Å². The van der Waals surface area contributed by atoms with Crippen molar-refractivity contribution in [3.63, 3.8) is 0 Å². The number of rotatable bonds is 4. The summed E-state index contributed by atoms with van der Waals surface area (Å²) >= 11 is 4.00. The molecule has 1 aromatic heterocycles. The molecule has 2 aromatic rings. The molecule has 4 aliphatic carbocycles. The molecule has 4 aliphatic rings. The molecule has 4 fully saturated rings. The zero-order valence-electron chi connectivity index (χ0n) is 15.3. The number of carbonyl (C=O) groups excluding carboxylic acids is 1. The average Bonchev–Trinajstić information content (AvgIpc) is 2.57. The van der Waals surface area contributed by atoms with E-state index >= 15 is 0 Å². The highest BCUT2D eigenvalue weighted by Gasteiger charge is 2.57. The summed E-state index contributed by atoms with van der Waals surface area (Å²) in [5, 5.41) is 0.823. The third kappa shape index (κ3) is 3.22. The Morgan fingerprint density at radius 2 is 1.93 bits per heavy atom. The Morgan fingerprint density at radius 3 is 2.67 bits per heavy atom. The van der Waals surface area contributed by atoms with E-state index in [1.807, 2.05) is 24.3 Å². The fraction of sp³-hybridized carbons (Fsp3) is 0.571. The molecule has 27 heavy (non-hydrogen) atoms. The van der Waals surface area contributed by atoms with E-state index in [2.05, 4.69) is 25.9 Å². The third-order valence-electron chi connectivity index (χ3n) is 6.67. The van der Waals surface area contributed by atoms with Crippen molar-refractivity contribution in [2.24, 2.45) is 17.3 Å². The highest BCUT2D eigenvalue weighted by Crippen LogP contribution is 2.65. The van der Waals surface area contributed by atoms with Crippen molar-refractivity contribution in [2.75, 3.05) is 5.73 Å². The molecule has 0 aliphatic heterocycles. The van der Waals surface area contributed by atoms with Crippen molar-refractivity contribution in [3.05, 3.63) is 30.1 Å². The minimum atomic E-state index is -0.136. The van der Waals surface area contributed by atoms with Crippen LogP contribution in [0, 0.1) is 17.3 Å². The second kappa shape index (κ2) is 6.16. The molecule has 0 amide bonds. The van der Waals surface area contributed by atoms with Gasteiger partial charge >= 0.3 is 5.97 Å². The second-order valence-electron chi connectivity index (χ2n) is 8.99. The minimum absolute atomic E-state index is 0.0796. The van der Waals surface area contributed by atoms with Crippen LogP contribution in [0.15, 0.2) is 24.3 Å². The molecular weight excluding hydrogens is 406 g/mol. The maximum absolute atomic E-state index is 12.6. The Bertz CT molecular complexity index is 901. The van der Waals surface area contributed by atoms with Gasteiger partial charge < -0.3 is 10.5 Å². The zero-order valence-corrected chi connectivity index (χ0v) is 16.9. The molecule has 0 radical (unpaired) electrons. The van der Waals surface area contributed by atoms with Crippen LogP contribution in [0.1, 0.15) is 50.8 Å². The first kappa shape index (κ1) is 17.4. The monoisotopic (exact) mass is 429 g/mol. The summed E-state index contributed by atoms with van der Waals surface area (Å²) in [6.07, 6.45) is 7.83. The van der Waals surface area contributed by atoms with E-state index in [1.165, 1.54) is 32.1 Å². The lowest BCUT2D eigenvalue weighted by Crippen LogP contribution is -2.53. The highest BCUT2D eigenvalue weighted by molar-refractivity contribution is 9.10. The van der Waals surface area contributed by atoms with E-state index in [0.29, 0.717) is 18.1 Å². The second-order valence-corrected chi connectivity index (χ2v) is 10.7. The predicted molar refractivity (Wildman–Crippen MR) is 107 cm³/mol. The number of carbonyl (C=O) groups is 1. The summed E-state index contributed by atoms with van der Waals surface area (Å²) in [6.45, 7) is 0.0796. The molecule has 5 nitrogen and oxygen atoms in total. The Balaban J connectivity index is 1.27. The first-order chi connectivity index (χ1) is 12.9. The van der Waals surface area contributed by atoms with Gasteiger partial charge in [-0.15, -0.1) is 0 Å². The van der Waals surface area contributed by atoms with Crippen molar-refractivity contribution in [3.8, 4) is 0 Å². The molecule has 2 N–H and O–H groups in total. The van der Waals surface area contributed by atoms with E-state index in [1.54, 1.807) is 0 Å². The van der Waals surface area contributed by atoms with Gasteiger partial charge in [-0.25, -0.2) is 9.97 Å². The van der Waals surface area contributed by atoms with Crippen LogP contribution in [0.3, 0.4) is 0 Å². The summed E-state index contributed by atoms with van der Waals surface area (Å²) in [4.78, 5) is 21.4. The number of ether oxygens (including phenoxy) is 1. The van der Waals surface area contributed by atoms with Crippen LogP contribution in [0.4, 0.5) is 5.82 Å². The number of esters is 1. The van der Waals surface area contributed by atoms with Gasteiger partial charge in [-0.2, -0.15) is 0 Å². The van der Waals surface area contributed by atoms with E-state index < -0.39 is 0 Å². The summed E-state index contributed by atoms with van der Waals surface area (Å²) in [7, 11) is 0. The number of nitrogen functional groups attached to an aromatic ring is 1. The smallest absolute Gasteiger partial charge is 0.306 e. The van der Waals surface area contributed by atoms with Crippen molar-refractivity contribution >= 4 is 38.6 Å². The van der Waals surface area contributed by atoms with Gasteiger partial charge in [0.2, 0.25) is 0 Å². The van der Waals surface area contributed by atoms with Crippen LogP contribution in [0.2, 0.25) is 0 Å². The quantitative estimate of drug-likeness (QED) is 0.576. The summed E-state index contributed by atoms with van der Waals surface area (Å²) in [5.41, 5.74) is 6.91. The summed E-state index contributed by atoms with van der Waals surface area (Å²) in [5.74, 6) is 2.28. The van der Waals surface area contributed by atoms with Gasteiger partial charge in [-0.3, -0.25) is 4.79 Å². The first-order valence-corrected chi connectivity index (χ1v) is 10.6. The van der Waals surface area contributed by atoms with Crippen LogP contribution in [0.5, 0.6) is 0 Å². The molecule has 6 heteroatoms. The summed E-state index contributed by atoms with van der Waals surface area (Å²) < 4.78 is 5.83. The lowest BCUT2D eigenvalue weighted by atomic mass is 9.49. The van der Waals surface area contributed by atoms with Crippen LogP contribution < -0.4 is 5.73 Å². The van der Waals surface area contributed by atoms with E-state index in [0.717, 1.165) is 29.2 Å². The number of halogens is 1. The first-order valence-electron chi connectivity index (χ1n) is 9.78. The van der Waals surface area contributed by atoms with Crippen molar-refractivity contribution in [1.82, 2.24) is 9.97 Å². The van der Waals surface area contributed by atoms with E-state index in [-0.39, 0.29) is 22.3 Å². The number of nitrogens with zero attached hydrogens (tertiary/aromatic N) is 2. The largest absolute Gasteiger partial charge is 0.457 e. The molecular formula is C21H24BrN3O2. The number of hydrogen-bond donors (Lipinski definition) is 1. The lowest BCUT2D eigenvalue weighted by molar-refractivity contribution is -0.152. The maximum atomic E-state index is 12.6. The number of anilines is 1. The van der Waals surface area contributed by atoms with Crippen LogP contribution in [-0.4, -0.2) is 20.3 Å². The Kier molecular flexibility index (Phi) is 3.97. The molecule has 0 saturated heterocycles. The van der Waals surface area contributed by atoms with Gasteiger partial charge in [0.1, 0.15) is 5.82 Å². The number of benzene rings is 1. The molecule has 1 aromatic carbocycles. The van der Waals surface area contributed by atoms with Gasteiger partial charge in [0.25, 0.3) is 0 Å². The number of aromatic nitrogens is 2. The van der Waals surface area contributed by atoms with Gasteiger partial charge in [-0.05, 0) is 67.9 Å². The molecule has 1 heterocycles. The number of hydrogen-bond acceptors (Lipinski definition) is 5. The Morgan fingerprint density at radius 1 is 1.19 bits per heavy atom. The van der Waals surface area contributed by atoms with Gasteiger partial charge in [0.15, 0.2) is 12.4 Å². The molecule has 142 valence electrons. The fourth-order valence-corrected chi connectivity index (χ4v) is 7.77. The van der Waals surface area contributed by atoms with Gasteiger partial charge in [-0.1, -0.05) is 28.1 Å². The summed E-state index contributed by atoms with van der Waals surface area (Å²) in [6, 6.07) is 7.60. The molecule has 0 unspecified atom stereocenters. The van der Waals surface area contributed by atoms with Crippen molar-refractivity contribution in [1.29, 1.82) is 0 Å². The Labute approximate surface area is 167 Å². The number of alkyl halides is 1. The van der Waals surface area contributed by atoms with Gasteiger partial charge in [0, 0.05) is 9.71 Å².